The molecular formula is C38H60N4O6. The highest BCUT2D eigenvalue weighted by Crippen LogP contribution is 2.29. The maximum atomic E-state index is 13.9. The molecule has 3 rings (SSSR count). The first kappa shape index (κ1) is 39.5. The van der Waals surface area contributed by atoms with Gasteiger partial charge in [0.15, 0.2) is 0 Å². The first-order valence-corrected chi connectivity index (χ1v) is 18.1. The molecule has 0 radical (unpaired) electrons. The molecule has 2 fully saturated rings. The highest BCUT2D eigenvalue weighted by Gasteiger charge is 2.34. The summed E-state index contributed by atoms with van der Waals surface area (Å²) in [6.45, 7) is 8.40. The number of carbonyl (C=O) groups is 3. The first-order chi connectivity index (χ1) is 23.1. The van der Waals surface area contributed by atoms with E-state index < -0.39 is 42.0 Å². The molecule has 0 spiro atoms. The van der Waals surface area contributed by atoms with E-state index >= 15 is 0 Å². The Labute approximate surface area is 288 Å². The van der Waals surface area contributed by atoms with Crippen molar-refractivity contribution >= 4 is 17.7 Å². The molecule has 1 aromatic rings. The topological polar surface area (TPSA) is 131 Å². The van der Waals surface area contributed by atoms with Crippen LogP contribution in [0.3, 0.4) is 0 Å². The van der Waals surface area contributed by atoms with Crippen molar-refractivity contribution in [3.63, 3.8) is 0 Å². The van der Waals surface area contributed by atoms with Crippen LogP contribution in [0.15, 0.2) is 30.3 Å². The van der Waals surface area contributed by atoms with Crippen molar-refractivity contribution in [3.8, 4) is 12.3 Å². The Hall–Kier alpha value is -2.97. The minimum atomic E-state index is -1.15. The van der Waals surface area contributed by atoms with Gasteiger partial charge in [-0.1, -0.05) is 76.3 Å². The fourth-order valence-electron chi connectivity index (χ4n) is 6.82. The molecular weight excluding hydrogens is 608 g/mol. The number of benzene rings is 1. The van der Waals surface area contributed by atoms with Crippen LogP contribution in [-0.2, 0) is 25.5 Å². The van der Waals surface area contributed by atoms with Crippen LogP contribution in [0.25, 0.3) is 0 Å². The van der Waals surface area contributed by atoms with Crippen LogP contribution in [0.4, 0.5) is 0 Å². The van der Waals surface area contributed by atoms with Crippen LogP contribution in [-0.4, -0.2) is 108 Å². The van der Waals surface area contributed by atoms with E-state index in [0.29, 0.717) is 38.3 Å². The smallest absolute Gasteiger partial charge is 0.243 e. The maximum Gasteiger partial charge on any atom is 0.243 e. The Kier molecular flexibility index (Phi) is 17.4. The second-order valence-electron chi connectivity index (χ2n) is 14.2. The summed E-state index contributed by atoms with van der Waals surface area (Å²) in [7, 11) is 1.76. The van der Waals surface area contributed by atoms with Gasteiger partial charge < -0.3 is 30.5 Å². The standard InChI is InChI=1S/C38H60N4O6/c1-5-13-32(38(47)40-33(26-30-16-10-7-11-17-30)36(45)34(43)24-28(2)3)39-37(46)31(25-29-14-8-6-9-15-29)27-35(44)41(4)19-20-42-18-12-22-48-23-21-42/h1,6,8-9,14-15,28,30-34,36,43,45H,7,10-13,16-27H2,2-4H3,(H,39,46)(H,40,47)/t31-,32?,33+,34+,36?/m1/s1. The molecule has 4 N–H and O–H groups in total. The number of aliphatic hydroxyl groups excluding tert-OH is 2. The van der Waals surface area contributed by atoms with Gasteiger partial charge in [0, 0.05) is 52.7 Å². The van der Waals surface area contributed by atoms with Crippen LogP contribution in [0.2, 0.25) is 0 Å². The molecule has 268 valence electrons. The predicted octanol–water partition coefficient (Wildman–Crippen LogP) is 3.15. The number of hydrogen-bond acceptors (Lipinski definition) is 7. The van der Waals surface area contributed by atoms with Crippen LogP contribution in [0.5, 0.6) is 0 Å². The molecule has 1 aliphatic carbocycles. The number of rotatable bonds is 18. The van der Waals surface area contributed by atoms with E-state index in [9.17, 15) is 24.6 Å². The summed E-state index contributed by atoms with van der Waals surface area (Å²) in [5.74, 6) is 1.21. The molecule has 5 atom stereocenters. The van der Waals surface area contributed by atoms with Crippen LogP contribution in [0, 0.1) is 30.1 Å². The highest BCUT2D eigenvalue weighted by molar-refractivity contribution is 5.91. The molecule has 0 aromatic heterocycles. The van der Waals surface area contributed by atoms with Gasteiger partial charge in [0.25, 0.3) is 0 Å². The predicted molar refractivity (Wildman–Crippen MR) is 188 cm³/mol. The van der Waals surface area contributed by atoms with Gasteiger partial charge in [-0.3, -0.25) is 19.3 Å². The van der Waals surface area contributed by atoms with Gasteiger partial charge in [-0.15, -0.1) is 12.3 Å². The number of aliphatic hydroxyl groups is 2. The Morgan fingerprint density at radius 3 is 2.44 bits per heavy atom. The molecule has 10 nitrogen and oxygen atoms in total. The normalized spacial score (nSPS) is 19.3. The van der Waals surface area contributed by atoms with Crippen molar-refractivity contribution in [2.24, 2.45) is 17.8 Å². The van der Waals surface area contributed by atoms with E-state index in [4.69, 9.17) is 11.2 Å². The van der Waals surface area contributed by atoms with Crippen molar-refractivity contribution < 1.29 is 29.3 Å². The lowest BCUT2D eigenvalue weighted by molar-refractivity contribution is -0.137. The fraction of sp³-hybridized carbons (Fsp3) is 0.711. The number of terminal acetylenes is 1. The van der Waals surface area contributed by atoms with Gasteiger partial charge in [-0.05, 0) is 43.1 Å². The maximum absolute atomic E-state index is 13.9. The molecule has 2 aliphatic rings. The number of nitrogens with zero attached hydrogens (tertiary/aromatic N) is 2. The average Bonchev–Trinajstić information content (AvgIpc) is 3.35. The van der Waals surface area contributed by atoms with E-state index in [-0.39, 0.29) is 24.7 Å². The zero-order valence-electron chi connectivity index (χ0n) is 29.4. The zero-order chi connectivity index (χ0) is 34.9. The van der Waals surface area contributed by atoms with Crippen molar-refractivity contribution in [2.45, 2.75) is 109 Å². The minimum absolute atomic E-state index is 0.0187. The summed E-state index contributed by atoms with van der Waals surface area (Å²) in [4.78, 5) is 45.0. The molecule has 1 saturated carbocycles. The van der Waals surface area contributed by atoms with Crippen LogP contribution in [0.1, 0.15) is 83.6 Å². The molecule has 10 heteroatoms. The van der Waals surface area contributed by atoms with Gasteiger partial charge in [-0.2, -0.15) is 0 Å². The van der Waals surface area contributed by atoms with E-state index in [1.54, 1.807) is 11.9 Å². The summed E-state index contributed by atoms with van der Waals surface area (Å²) < 4.78 is 5.54. The number of ether oxygens (including phenoxy) is 1. The molecule has 1 heterocycles. The minimum Gasteiger partial charge on any atom is -0.390 e. The zero-order valence-corrected chi connectivity index (χ0v) is 29.4. The number of likely N-dealkylation sites (N-methyl/N-ethyl adjacent to an activating group) is 1. The Balaban J connectivity index is 1.71. The Bertz CT molecular complexity index is 1140. The first-order valence-electron chi connectivity index (χ1n) is 18.1. The quantitative estimate of drug-likeness (QED) is 0.177. The second-order valence-corrected chi connectivity index (χ2v) is 14.2. The summed E-state index contributed by atoms with van der Waals surface area (Å²) >= 11 is 0. The third kappa shape index (κ3) is 13.9. The van der Waals surface area contributed by atoms with E-state index in [0.717, 1.165) is 63.9 Å². The molecule has 3 amide bonds. The van der Waals surface area contributed by atoms with Crippen LogP contribution >= 0.6 is 0 Å². The largest absolute Gasteiger partial charge is 0.390 e. The van der Waals surface area contributed by atoms with Crippen molar-refractivity contribution in [1.29, 1.82) is 0 Å². The van der Waals surface area contributed by atoms with E-state index in [1.165, 1.54) is 6.42 Å². The van der Waals surface area contributed by atoms with Gasteiger partial charge in [0.05, 0.1) is 24.7 Å². The van der Waals surface area contributed by atoms with Gasteiger partial charge in [0.2, 0.25) is 17.7 Å². The monoisotopic (exact) mass is 668 g/mol. The number of nitrogens with one attached hydrogen (secondary N) is 2. The molecule has 2 unspecified atom stereocenters. The number of hydrogen-bond donors (Lipinski definition) is 4. The van der Waals surface area contributed by atoms with Crippen molar-refractivity contribution in [1.82, 2.24) is 20.4 Å². The molecule has 0 bridgehead atoms. The molecule has 1 aliphatic heterocycles. The van der Waals surface area contributed by atoms with Crippen LogP contribution < -0.4 is 10.6 Å². The Morgan fingerprint density at radius 1 is 1.02 bits per heavy atom. The highest BCUT2D eigenvalue weighted by atomic mass is 16.5. The lowest BCUT2D eigenvalue weighted by Gasteiger charge is -2.33. The van der Waals surface area contributed by atoms with Crippen molar-refractivity contribution in [2.75, 3.05) is 46.4 Å². The molecule has 48 heavy (non-hydrogen) atoms. The summed E-state index contributed by atoms with van der Waals surface area (Å²) in [5, 5.41) is 27.8. The second kappa shape index (κ2) is 21.2. The lowest BCUT2D eigenvalue weighted by Crippen LogP contribution is -2.56. The van der Waals surface area contributed by atoms with Gasteiger partial charge in [-0.25, -0.2) is 0 Å². The van der Waals surface area contributed by atoms with E-state index in [1.807, 2.05) is 44.2 Å². The third-order valence-electron chi connectivity index (χ3n) is 9.72. The van der Waals surface area contributed by atoms with Crippen molar-refractivity contribution in [3.05, 3.63) is 35.9 Å². The average molecular weight is 669 g/mol. The number of amides is 3. The summed E-state index contributed by atoms with van der Waals surface area (Å²) in [6, 6.07) is 7.78. The lowest BCUT2D eigenvalue weighted by atomic mass is 9.82. The molecule has 1 aromatic carbocycles. The van der Waals surface area contributed by atoms with Gasteiger partial charge >= 0.3 is 0 Å². The molecule has 1 saturated heterocycles. The Morgan fingerprint density at radius 2 is 1.75 bits per heavy atom. The SMILES string of the molecule is C#CCC(NC(=O)[C@@H](CC(=O)N(C)CCN1CCCOCC1)Cc1ccccc1)C(=O)N[C@@H](CC1CCCCC1)C(O)[C@@H](O)CC(C)C. The third-order valence-corrected chi connectivity index (χ3v) is 9.72. The fourth-order valence-corrected chi connectivity index (χ4v) is 6.82. The summed E-state index contributed by atoms with van der Waals surface area (Å²) in [5.41, 5.74) is 0.908. The number of carbonyl (C=O) groups excluding carboxylic acids is 3. The van der Waals surface area contributed by atoms with Gasteiger partial charge in [0.1, 0.15) is 12.1 Å². The summed E-state index contributed by atoms with van der Waals surface area (Å²) in [6.07, 6.45) is 11.1. The van der Waals surface area contributed by atoms with E-state index in [2.05, 4.69) is 21.5 Å².